The summed E-state index contributed by atoms with van der Waals surface area (Å²) in [6.45, 7) is 0.386. The van der Waals surface area contributed by atoms with Crippen LogP contribution in [0.25, 0.3) is 0 Å². The van der Waals surface area contributed by atoms with Crippen molar-refractivity contribution in [2.45, 2.75) is 38.5 Å². The molecule has 5 aliphatic rings. The lowest BCUT2D eigenvalue weighted by atomic mass is 9.50. The summed E-state index contributed by atoms with van der Waals surface area (Å²) in [5.41, 5.74) is 0.698. The van der Waals surface area contributed by atoms with E-state index in [2.05, 4.69) is 18.2 Å². The van der Waals surface area contributed by atoms with E-state index in [4.69, 9.17) is 9.47 Å². The quantitative estimate of drug-likeness (QED) is 0.788. The molecule has 0 radical (unpaired) electrons. The maximum atomic E-state index is 5.52. The van der Waals surface area contributed by atoms with Crippen LogP contribution in [0, 0.1) is 23.2 Å². The topological polar surface area (TPSA) is 18.5 Å². The Bertz CT molecular complexity index is 533. The number of benzene rings is 1. The van der Waals surface area contributed by atoms with E-state index >= 15 is 0 Å². The van der Waals surface area contributed by atoms with Gasteiger partial charge in [-0.05, 0) is 85.3 Å². The molecule has 1 heterocycles. The Kier molecular flexibility index (Phi) is 2.81. The largest absolute Gasteiger partial charge is 0.454 e. The SMILES string of the molecule is c1cc2c(cc1PCC13CC4CC(CC(C4)C1)C3)OCO2. The third kappa shape index (κ3) is 2.18. The highest BCUT2D eigenvalue weighted by molar-refractivity contribution is 7.47. The van der Waals surface area contributed by atoms with Gasteiger partial charge in [-0.2, -0.15) is 0 Å². The minimum atomic E-state index is 0.386. The average Bonchev–Trinajstić information content (AvgIpc) is 2.91. The van der Waals surface area contributed by atoms with Gasteiger partial charge in [-0.25, -0.2) is 0 Å². The van der Waals surface area contributed by atoms with E-state index in [0.717, 1.165) is 37.8 Å². The van der Waals surface area contributed by atoms with Crippen LogP contribution < -0.4 is 14.8 Å². The molecular weight excluding hydrogens is 279 g/mol. The second-order valence-corrected chi connectivity index (χ2v) is 9.12. The van der Waals surface area contributed by atoms with Gasteiger partial charge >= 0.3 is 0 Å². The third-order valence-corrected chi connectivity index (χ3v) is 7.85. The molecule has 4 bridgehead atoms. The zero-order chi connectivity index (χ0) is 13.9. The van der Waals surface area contributed by atoms with Crippen molar-refractivity contribution in [2.24, 2.45) is 23.2 Å². The minimum Gasteiger partial charge on any atom is -0.454 e. The molecule has 0 saturated heterocycles. The summed E-state index contributed by atoms with van der Waals surface area (Å²) in [6.07, 6.45) is 10.6. The Labute approximate surface area is 128 Å². The maximum Gasteiger partial charge on any atom is 0.231 e. The van der Waals surface area contributed by atoms with Gasteiger partial charge in [0.15, 0.2) is 11.5 Å². The first-order valence-corrected chi connectivity index (χ1v) is 9.62. The summed E-state index contributed by atoms with van der Waals surface area (Å²) in [7, 11) is 0.935. The Morgan fingerprint density at radius 3 is 2.33 bits per heavy atom. The van der Waals surface area contributed by atoms with E-state index in [0.29, 0.717) is 12.2 Å². The molecule has 21 heavy (non-hydrogen) atoms. The van der Waals surface area contributed by atoms with Gasteiger partial charge in [0.25, 0.3) is 0 Å². The molecule has 1 atom stereocenters. The summed E-state index contributed by atoms with van der Waals surface area (Å²) in [5.74, 6) is 5.07. The molecule has 4 aliphatic carbocycles. The predicted molar refractivity (Wildman–Crippen MR) is 86.0 cm³/mol. The molecule has 3 heteroatoms. The molecule has 0 N–H and O–H groups in total. The molecule has 0 aromatic heterocycles. The lowest BCUT2D eigenvalue weighted by Crippen LogP contribution is -2.47. The molecule has 0 spiro atoms. The summed E-state index contributed by atoms with van der Waals surface area (Å²) in [4.78, 5) is 0. The lowest BCUT2D eigenvalue weighted by molar-refractivity contribution is -0.0384. The summed E-state index contributed by atoms with van der Waals surface area (Å²) in [5, 5.41) is 1.45. The van der Waals surface area contributed by atoms with Crippen LogP contribution in [0.15, 0.2) is 18.2 Å². The highest BCUT2D eigenvalue weighted by atomic mass is 31.1. The predicted octanol–water partition coefficient (Wildman–Crippen LogP) is 3.94. The fourth-order valence-corrected chi connectivity index (χ4v) is 7.25. The molecular formula is C18H23O2P. The highest BCUT2D eigenvalue weighted by Gasteiger charge is 2.50. The second-order valence-electron chi connectivity index (χ2n) is 7.84. The van der Waals surface area contributed by atoms with E-state index < -0.39 is 0 Å². The van der Waals surface area contributed by atoms with E-state index in [-0.39, 0.29) is 0 Å². The molecule has 0 amide bonds. The minimum absolute atomic E-state index is 0.386. The summed E-state index contributed by atoms with van der Waals surface area (Å²) >= 11 is 0. The zero-order valence-corrected chi connectivity index (χ0v) is 13.4. The Morgan fingerprint density at radius 1 is 0.952 bits per heavy atom. The fraction of sp³-hybridized carbons (Fsp3) is 0.667. The number of fused-ring (bicyclic) bond motifs is 1. The van der Waals surface area contributed by atoms with Crippen molar-refractivity contribution in [1.82, 2.24) is 0 Å². The fourth-order valence-electron chi connectivity index (χ4n) is 5.80. The molecule has 112 valence electrons. The van der Waals surface area contributed by atoms with Crippen molar-refractivity contribution in [1.29, 1.82) is 0 Å². The molecule has 2 nitrogen and oxygen atoms in total. The van der Waals surface area contributed by atoms with Crippen LogP contribution >= 0.6 is 8.58 Å². The third-order valence-electron chi connectivity index (χ3n) is 6.21. The summed E-state index contributed by atoms with van der Waals surface area (Å²) in [6, 6.07) is 6.54. The van der Waals surface area contributed by atoms with Crippen LogP contribution in [0.2, 0.25) is 0 Å². The van der Waals surface area contributed by atoms with Crippen molar-refractivity contribution >= 4 is 13.9 Å². The number of hydrogen-bond donors (Lipinski definition) is 0. The highest BCUT2D eigenvalue weighted by Crippen LogP contribution is 2.61. The number of ether oxygens (including phenoxy) is 2. The van der Waals surface area contributed by atoms with Gasteiger partial charge in [0.2, 0.25) is 6.79 Å². The van der Waals surface area contributed by atoms with Crippen molar-refractivity contribution in [3.05, 3.63) is 18.2 Å². The zero-order valence-electron chi connectivity index (χ0n) is 12.4. The van der Waals surface area contributed by atoms with Crippen molar-refractivity contribution in [3.63, 3.8) is 0 Å². The lowest BCUT2D eigenvalue weighted by Gasteiger charge is -2.57. The van der Waals surface area contributed by atoms with Gasteiger partial charge in [-0.15, -0.1) is 0 Å². The van der Waals surface area contributed by atoms with Gasteiger partial charge in [-0.1, -0.05) is 14.6 Å². The Morgan fingerprint density at radius 2 is 1.62 bits per heavy atom. The monoisotopic (exact) mass is 302 g/mol. The molecule has 1 aliphatic heterocycles. The van der Waals surface area contributed by atoms with Crippen molar-refractivity contribution < 1.29 is 9.47 Å². The van der Waals surface area contributed by atoms with E-state index in [9.17, 15) is 0 Å². The molecule has 1 aromatic carbocycles. The molecule has 4 saturated carbocycles. The van der Waals surface area contributed by atoms with Crippen LogP contribution in [0.1, 0.15) is 38.5 Å². The van der Waals surface area contributed by atoms with Crippen LogP contribution in [0.3, 0.4) is 0 Å². The van der Waals surface area contributed by atoms with E-state index in [1.165, 1.54) is 30.7 Å². The molecule has 4 fully saturated rings. The Balaban J connectivity index is 1.32. The van der Waals surface area contributed by atoms with Gasteiger partial charge in [0.1, 0.15) is 0 Å². The smallest absolute Gasteiger partial charge is 0.231 e. The first-order chi connectivity index (χ1) is 10.3. The van der Waals surface area contributed by atoms with Crippen LogP contribution in [0.4, 0.5) is 0 Å². The summed E-state index contributed by atoms with van der Waals surface area (Å²) < 4.78 is 10.9. The normalized spacial score (nSPS) is 39.5. The van der Waals surface area contributed by atoms with Gasteiger partial charge in [0, 0.05) is 0 Å². The van der Waals surface area contributed by atoms with Crippen LogP contribution in [0.5, 0.6) is 11.5 Å². The molecule has 1 aromatic rings. The average molecular weight is 302 g/mol. The second kappa shape index (κ2) is 4.62. The van der Waals surface area contributed by atoms with Crippen molar-refractivity contribution in [2.75, 3.05) is 13.0 Å². The van der Waals surface area contributed by atoms with Gasteiger partial charge < -0.3 is 9.47 Å². The number of hydrogen-bond acceptors (Lipinski definition) is 2. The van der Waals surface area contributed by atoms with Crippen LogP contribution in [-0.2, 0) is 0 Å². The maximum absolute atomic E-state index is 5.52. The standard InChI is InChI=1S/C18H23O2P/c1-2-16-17(20-11-19-16)6-15(1)21-10-18-7-12-3-13(8-18)5-14(4-12)9-18/h1-2,6,12-14,21H,3-5,7-11H2. The number of rotatable bonds is 3. The molecule has 6 rings (SSSR count). The van der Waals surface area contributed by atoms with Gasteiger partial charge in [-0.3, -0.25) is 0 Å². The van der Waals surface area contributed by atoms with E-state index in [1.54, 1.807) is 19.3 Å². The van der Waals surface area contributed by atoms with Crippen molar-refractivity contribution in [3.8, 4) is 11.5 Å². The first kappa shape index (κ1) is 12.8. The Hall–Kier alpha value is -0.750. The molecule has 1 unspecified atom stereocenters. The van der Waals surface area contributed by atoms with Gasteiger partial charge in [0.05, 0.1) is 0 Å². The first-order valence-electron chi connectivity index (χ1n) is 8.42. The van der Waals surface area contributed by atoms with E-state index in [1.807, 2.05) is 0 Å². The van der Waals surface area contributed by atoms with Crippen LogP contribution in [-0.4, -0.2) is 13.0 Å².